The summed E-state index contributed by atoms with van der Waals surface area (Å²) in [6.07, 6.45) is 5.58. The highest BCUT2D eigenvalue weighted by Gasteiger charge is 2.48. The number of nitrogens with zero attached hydrogens (tertiary/aromatic N) is 1. The summed E-state index contributed by atoms with van der Waals surface area (Å²) in [6.45, 7) is 11.6. The predicted molar refractivity (Wildman–Crippen MR) is 118 cm³/mol. The average molecular weight is 423 g/mol. The Bertz CT molecular complexity index is 997. The number of amides is 1. The molecule has 1 amide bonds. The Morgan fingerprint density at radius 3 is 2.87 bits per heavy atom. The molecule has 31 heavy (non-hydrogen) atoms. The third kappa shape index (κ3) is 4.17. The van der Waals surface area contributed by atoms with E-state index in [1.807, 2.05) is 24.5 Å². The molecule has 1 aliphatic heterocycles. The van der Waals surface area contributed by atoms with Crippen LogP contribution in [0.5, 0.6) is 5.75 Å². The topological polar surface area (TPSA) is 71.8 Å². The molecule has 1 fully saturated rings. The summed E-state index contributed by atoms with van der Waals surface area (Å²) in [7, 11) is 0. The van der Waals surface area contributed by atoms with Crippen molar-refractivity contribution < 1.29 is 18.7 Å². The summed E-state index contributed by atoms with van der Waals surface area (Å²) < 4.78 is 10.8. The largest absolute Gasteiger partial charge is 0.472 e. The number of ether oxygens (including phenoxy) is 1. The summed E-state index contributed by atoms with van der Waals surface area (Å²) in [5.74, 6) is 0.163. The molecule has 1 saturated heterocycles. The van der Waals surface area contributed by atoms with Crippen LogP contribution in [-0.2, 0) is 28.0 Å². The number of carbonyl (C=O) groups excluding carboxylic acids is 2. The molecule has 1 aromatic carbocycles. The molecule has 1 N–H and O–H groups in total. The second-order valence-electron chi connectivity index (χ2n) is 9.09. The molecule has 6 heteroatoms. The number of carbonyl (C=O) groups is 2. The second-order valence-corrected chi connectivity index (χ2v) is 9.09. The monoisotopic (exact) mass is 422 g/mol. The van der Waals surface area contributed by atoms with E-state index in [-0.39, 0.29) is 17.9 Å². The Morgan fingerprint density at radius 1 is 1.35 bits per heavy atom. The molecule has 2 aromatic rings. The van der Waals surface area contributed by atoms with Gasteiger partial charge in [0.1, 0.15) is 12.3 Å². The highest BCUT2D eigenvalue weighted by molar-refractivity contribution is 5.94. The summed E-state index contributed by atoms with van der Waals surface area (Å²) in [5.41, 5.74) is 4.19. The maximum absolute atomic E-state index is 12.2. The van der Waals surface area contributed by atoms with Gasteiger partial charge in [-0.05, 0) is 67.0 Å². The van der Waals surface area contributed by atoms with Crippen LogP contribution in [0.2, 0.25) is 0 Å². The van der Waals surface area contributed by atoms with Crippen LogP contribution in [0.1, 0.15) is 43.9 Å². The van der Waals surface area contributed by atoms with E-state index >= 15 is 0 Å². The quantitative estimate of drug-likeness (QED) is 0.438. The summed E-state index contributed by atoms with van der Waals surface area (Å²) >= 11 is 0. The lowest BCUT2D eigenvalue weighted by Gasteiger charge is -2.54. The van der Waals surface area contributed by atoms with Crippen molar-refractivity contribution in [2.24, 2.45) is 5.92 Å². The first kappa shape index (κ1) is 21.4. The van der Waals surface area contributed by atoms with Crippen LogP contribution in [0.15, 0.2) is 53.4 Å². The van der Waals surface area contributed by atoms with E-state index in [0.717, 1.165) is 25.9 Å². The van der Waals surface area contributed by atoms with Crippen molar-refractivity contribution in [2.75, 3.05) is 13.1 Å². The molecular weight excluding hydrogens is 392 g/mol. The van der Waals surface area contributed by atoms with Crippen molar-refractivity contribution in [1.29, 1.82) is 0 Å². The summed E-state index contributed by atoms with van der Waals surface area (Å²) in [5, 5.41) is 2.51. The molecule has 0 spiro atoms. The van der Waals surface area contributed by atoms with Crippen molar-refractivity contribution >= 4 is 11.9 Å². The standard InChI is InChI=1S/C25H30N2O4/c1-16(2)24(29)26-13-23(28)31-20-6-5-19-11-22-17(3)25(4,21(19)12-20)8-9-27(22)14-18-7-10-30-15-18/h5-7,10,12,15,17,22H,1,8-9,11,13-14H2,2-4H3,(H,26,29)/t17-,22+,25+/m0/s1. The lowest BCUT2D eigenvalue weighted by Crippen LogP contribution is -2.57. The van der Waals surface area contributed by atoms with Gasteiger partial charge in [-0.1, -0.05) is 26.5 Å². The Labute approximate surface area is 183 Å². The van der Waals surface area contributed by atoms with Gasteiger partial charge < -0.3 is 14.5 Å². The van der Waals surface area contributed by atoms with E-state index in [2.05, 4.69) is 36.7 Å². The number of fused-ring (bicyclic) bond motifs is 4. The lowest BCUT2D eigenvalue weighted by molar-refractivity contribution is -0.135. The van der Waals surface area contributed by atoms with Crippen molar-refractivity contribution in [3.05, 3.63) is 65.6 Å². The Morgan fingerprint density at radius 2 is 2.16 bits per heavy atom. The minimum absolute atomic E-state index is 0.0295. The SMILES string of the molecule is C=C(C)C(=O)NCC(=O)Oc1ccc2c(c1)[C@]1(C)CCN(Cc3ccoc3)[C@H](C2)[C@@H]1C. The zero-order chi connectivity index (χ0) is 22.2. The minimum atomic E-state index is -0.489. The van der Waals surface area contributed by atoms with Gasteiger partial charge in [0.15, 0.2) is 0 Å². The number of nitrogens with one attached hydrogen (secondary N) is 1. The third-order valence-corrected chi connectivity index (χ3v) is 7.07. The first-order valence-corrected chi connectivity index (χ1v) is 10.8. The Hall–Kier alpha value is -2.86. The van der Waals surface area contributed by atoms with E-state index in [1.165, 1.54) is 16.7 Å². The molecule has 2 bridgehead atoms. The van der Waals surface area contributed by atoms with Gasteiger partial charge in [0.05, 0.1) is 12.5 Å². The highest BCUT2D eigenvalue weighted by Crippen LogP contribution is 2.49. The molecule has 2 aliphatic rings. The number of furan rings is 1. The number of esters is 1. The summed E-state index contributed by atoms with van der Waals surface area (Å²) in [4.78, 5) is 26.3. The molecule has 6 nitrogen and oxygen atoms in total. The molecule has 0 unspecified atom stereocenters. The van der Waals surface area contributed by atoms with Gasteiger partial charge in [-0.15, -0.1) is 0 Å². The zero-order valence-corrected chi connectivity index (χ0v) is 18.4. The van der Waals surface area contributed by atoms with Gasteiger partial charge in [0.2, 0.25) is 5.91 Å². The Balaban J connectivity index is 1.49. The number of rotatable bonds is 6. The fourth-order valence-electron chi connectivity index (χ4n) is 5.03. The molecule has 2 heterocycles. The number of likely N-dealkylation sites (tertiary alicyclic amines) is 1. The van der Waals surface area contributed by atoms with Gasteiger partial charge >= 0.3 is 5.97 Å². The maximum atomic E-state index is 12.2. The van der Waals surface area contributed by atoms with Crippen molar-refractivity contribution in [3.8, 4) is 5.75 Å². The van der Waals surface area contributed by atoms with Gasteiger partial charge in [-0.3, -0.25) is 9.69 Å². The van der Waals surface area contributed by atoms with E-state index in [4.69, 9.17) is 9.15 Å². The van der Waals surface area contributed by atoms with Crippen LogP contribution in [0.25, 0.3) is 0 Å². The molecule has 0 saturated carbocycles. The third-order valence-electron chi connectivity index (χ3n) is 7.07. The molecule has 4 rings (SSSR count). The van der Waals surface area contributed by atoms with Crippen molar-refractivity contribution in [3.63, 3.8) is 0 Å². The van der Waals surface area contributed by atoms with E-state index in [9.17, 15) is 9.59 Å². The van der Waals surface area contributed by atoms with Crippen molar-refractivity contribution in [1.82, 2.24) is 10.2 Å². The molecule has 1 aliphatic carbocycles. The van der Waals surface area contributed by atoms with Gasteiger partial charge in [-0.25, -0.2) is 4.79 Å². The van der Waals surface area contributed by atoms with Gasteiger partial charge in [0, 0.05) is 23.7 Å². The zero-order valence-electron chi connectivity index (χ0n) is 18.4. The first-order chi connectivity index (χ1) is 14.8. The fourth-order valence-corrected chi connectivity index (χ4v) is 5.03. The molecule has 164 valence electrons. The van der Waals surface area contributed by atoms with Crippen LogP contribution in [0.3, 0.4) is 0 Å². The maximum Gasteiger partial charge on any atom is 0.330 e. The Kier molecular flexibility index (Phi) is 5.75. The van der Waals surface area contributed by atoms with Crippen LogP contribution < -0.4 is 10.1 Å². The summed E-state index contributed by atoms with van der Waals surface area (Å²) in [6, 6.07) is 8.46. The molecule has 3 atom stereocenters. The van der Waals surface area contributed by atoms with E-state index in [1.54, 1.807) is 13.2 Å². The van der Waals surface area contributed by atoms with Gasteiger partial charge in [0.25, 0.3) is 0 Å². The average Bonchev–Trinajstić information content (AvgIpc) is 3.24. The van der Waals surface area contributed by atoms with E-state index < -0.39 is 5.97 Å². The number of benzene rings is 1. The smallest absolute Gasteiger partial charge is 0.330 e. The van der Waals surface area contributed by atoms with Gasteiger partial charge in [-0.2, -0.15) is 0 Å². The fraction of sp³-hybridized carbons (Fsp3) is 0.440. The number of hydrogen-bond donors (Lipinski definition) is 1. The lowest BCUT2D eigenvalue weighted by atomic mass is 9.59. The van der Waals surface area contributed by atoms with E-state index in [0.29, 0.717) is 23.3 Å². The predicted octanol–water partition coefficient (Wildman–Crippen LogP) is 3.60. The second kappa shape index (κ2) is 8.35. The molecular formula is C25H30N2O4. The normalized spacial score (nSPS) is 24.9. The van der Waals surface area contributed by atoms with Crippen LogP contribution >= 0.6 is 0 Å². The highest BCUT2D eigenvalue weighted by atomic mass is 16.5. The number of piperidine rings is 1. The van der Waals surface area contributed by atoms with Crippen LogP contribution in [0, 0.1) is 5.92 Å². The van der Waals surface area contributed by atoms with Crippen molar-refractivity contribution in [2.45, 2.75) is 51.6 Å². The van der Waals surface area contributed by atoms with Crippen LogP contribution in [-0.4, -0.2) is 35.9 Å². The molecule has 1 aromatic heterocycles. The minimum Gasteiger partial charge on any atom is -0.472 e. The number of hydrogen-bond acceptors (Lipinski definition) is 5. The van der Waals surface area contributed by atoms with Crippen LogP contribution in [0.4, 0.5) is 0 Å². The first-order valence-electron chi connectivity index (χ1n) is 10.8. The molecule has 0 radical (unpaired) electrons.